The van der Waals surface area contributed by atoms with E-state index in [4.69, 9.17) is 5.73 Å². The van der Waals surface area contributed by atoms with E-state index < -0.39 is 27.7 Å². The van der Waals surface area contributed by atoms with Gasteiger partial charge in [-0.1, -0.05) is 12.1 Å². The molecule has 7 nitrogen and oxygen atoms in total. The van der Waals surface area contributed by atoms with E-state index in [0.717, 1.165) is 21.6 Å². The first-order valence-electron chi connectivity index (χ1n) is 9.45. The SMILES string of the molecule is Cc1cc(-c2cnc(CN(C)CCS(C)(=O)=O)s2)cc(-c2cnc(N)nc2C(F)(F)F)c1. The number of aromatic nitrogens is 3. The van der Waals surface area contributed by atoms with Crippen molar-refractivity contribution in [1.82, 2.24) is 19.9 Å². The Labute approximate surface area is 188 Å². The van der Waals surface area contributed by atoms with Gasteiger partial charge in [-0.2, -0.15) is 13.2 Å². The predicted octanol–water partition coefficient (Wildman–Crippen LogP) is 3.65. The van der Waals surface area contributed by atoms with E-state index in [1.807, 2.05) is 11.0 Å². The quantitative estimate of drug-likeness (QED) is 0.545. The van der Waals surface area contributed by atoms with Crippen LogP contribution < -0.4 is 5.73 Å². The van der Waals surface area contributed by atoms with Gasteiger partial charge in [-0.25, -0.2) is 23.4 Å². The van der Waals surface area contributed by atoms with E-state index in [9.17, 15) is 21.6 Å². The molecule has 0 saturated carbocycles. The summed E-state index contributed by atoms with van der Waals surface area (Å²) >= 11 is 1.40. The third-order valence-electron chi connectivity index (χ3n) is 4.55. The number of hydrogen-bond acceptors (Lipinski definition) is 8. The minimum atomic E-state index is -4.68. The minimum Gasteiger partial charge on any atom is -0.368 e. The van der Waals surface area contributed by atoms with E-state index in [2.05, 4.69) is 15.0 Å². The van der Waals surface area contributed by atoms with E-state index in [1.165, 1.54) is 17.6 Å². The highest BCUT2D eigenvalue weighted by molar-refractivity contribution is 7.90. The minimum absolute atomic E-state index is 0.0498. The zero-order valence-electron chi connectivity index (χ0n) is 17.6. The van der Waals surface area contributed by atoms with Gasteiger partial charge in [0.1, 0.15) is 14.8 Å². The van der Waals surface area contributed by atoms with Gasteiger partial charge in [0.05, 0.1) is 17.2 Å². The highest BCUT2D eigenvalue weighted by atomic mass is 32.2. The van der Waals surface area contributed by atoms with Crippen LogP contribution in [0, 0.1) is 6.92 Å². The van der Waals surface area contributed by atoms with Crippen LogP contribution in [-0.2, 0) is 22.6 Å². The molecule has 12 heteroatoms. The number of aryl methyl sites for hydroxylation is 1. The molecule has 0 aliphatic heterocycles. The van der Waals surface area contributed by atoms with Crippen molar-refractivity contribution in [2.24, 2.45) is 0 Å². The normalized spacial score (nSPS) is 12.5. The van der Waals surface area contributed by atoms with Crippen molar-refractivity contribution in [3.8, 4) is 21.6 Å². The Morgan fingerprint density at radius 1 is 1.12 bits per heavy atom. The fourth-order valence-electron chi connectivity index (χ4n) is 3.05. The Bertz CT molecular complexity index is 1230. The summed E-state index contributed by atoms with van der Waals surface area (Å²) in [7, 11) is -1.26. The van der Waals surface area contributed by atoms with Crippen molar-refractivity contribution in [2.75, 3.05) is 31.3 Å². The second-order valence-corrected chi connectivity index (χ2v) is 10.9. The topological polar surface area (TPSA) is 102 Å². The number of thiazole rings is 1. The highest BCUT2D eigenvalue weighted by Gasteiger charge is 2.36. The molecule has 0 saturated heterocycles. The van der Waals surface area contributed by atoms with E-state index in [0.29, 0.717) is 24.2 Å². The molecule has 0 unspecified atom stereocenters. The van der Waals surface area contributed by atoms with Crippen LogP contribution in [0.2, 0.25) is 0 Å². The maximum absolute atomic E-state index is 13.5. The first-order valence-corrected chi connectivity index (χ1v) is 12.3. The summed E-state index contributed by atoms with van der Waals surface area (Å²) in [5.41, 5.74) is 5.95. The number of nitrogens with zero attached hydrogens (tertiary/aromatic N) is 4. The van der Waals surface area contributed by atoms with Crippen LogP contribution in [-0.4, -0.2) is 53.9 Å². The maximum atomic E-state index is 13.5. The Hall–Kier alpha value is -2.57. The monoisotopic (exact) mass is 485 g/mol. The van der Waals surface area contributed by atoms with Crippen molar-refractivity contribution < 1.29 is 21.6 Å². The van der Waals surface area contributed by atoms with Crippen molar-refractivity contribution >= 4 is 27.1 Å². The number of benzene rings is 1. The lowest BCUT2D eigenvalue weighted by Crippen LogP contribution is -2.24. The van der Waals surface area contributed by atoms with Crippen molar-refractivity contribution in [2.45, 2.75) is 19.6 Å². The van der Waals surface area contributed by atoms with Crippen LogP contribution in [0.4, 0.5) is 19.1 Å². The van der Waals surface area contributed by atoms with Crippen LogP contribution in [0.1, 0.15) is 16.3 Å². The molecule has 0 spiro atoms. The molecular formula is C20H22F3N5O2S2. The molecule has 2 N–H and O–H groups in total. The third-order valence-corrected chi connectivity index (χ3v) is 6.51. The largest absolute Gasteiger partial charge is 0.434 e. The Morgan fingerprint density at radius 3 is 2.47 bits per heavy atom. The first-order chi connectivity index (χ1) is 14.8. The van der Waals surface area contributed by atoms with Crippen LogP contribution >= 0.6 is 11.3 Å². The zero-order valence-corrected chi connectivity index (χ0v) is 19.3. The summed E-state index contributed by atoms with van der Waals surface area (Å²) in [6.07, 6.45) is -0.746. The lowest BCUT2D eigenvalue weighted by molar-refractivity contribution is -0.140. The number of alkyl halides is 3. The first kappa shape index (κ1) is 24.1. The van der Waals surface area contributed by atoms with Crippen LogP contribution in [0.15, 0.2) is 30.6 Å². The average Bonchev–Trinajstić information content (AvgIpc) is 3.13. The number of halogens is 3. The predicted molar refractivity (Wildman–Crippen MR) is 119 cm³/mol. The molecular weight excluding hydrogens is 463 g/mol. The van der Waals surface area contributed by atoms with Crippen molar-refractivity contribution in [3.05, 3.63) is 46.9 Å². The molecule has 0 radical (unpaired) electrons. The summed E-state index contributed by atoms with van der Waals surface area (Å²) in [6.45, 7) is 2.63. The molecule has 172 valence electrons. The van der Waals surface area contributed by atoms with E-state index in [1.54, 1.807) is 32.3 Å². The van der Waals surface area contributed by atoms with Gasteiger partial charge >= 0.3 is 6.18 Å². The lowest BCUT2D eigenvalue weighted by Gasteiger charge is -2.14. The molecule has 2 aromatic heterocycles. The Morgan fingerprint density at radius 2 is 1.81 bits per heavy atom. The van der Waals surface area contributed by atoms with Crippen molar-refractivity contribution in [1.29, 1.82) is 0 Å². The standard InChI is InChI=1S/C20H22F3N5O2S2/c1-12-6-13(15-9-26-19(24)27-18(15)20(21,22)23)8-14(7-12)16-10-25-17(31-16)11-28(2)4-5-32(3,29)30/h6-10H,4-5,11H2,1-3H3,(H2,24,26,27). The van der Waals surface area contributed by atoms with E-state index >= 15 is 0 Å². The summed E-state index contributed by atoms with van der Waals surface area (Å²) in [5.74, 6) is -0.394. The molecule has 0 fully saturated rings. The summed E-state index contributed by atoms with van der Waals surface area (Å²) in [4.78, 5) is 14.2. The molecule has 0 atom stereocenters. The van der Waals surface area contributed by atoms with Crippen LogP contribution in [0.5, 0.6) is 0 Å². The zero-order chi connectivity index (χ0) is 23.7. The van der Waals surface area contributed by atoms with Gasteiger partial charge < -0.3 is 5.73 Å². The molecule has 3 aromatic rings. The number of sulfone groups is 1. The maximum Gasteiger partial charge on any atom is 0.434 e. The summed E-state index contributed by atoms with van der Waals surface area (Å²) < 4.78 is 63.2. The van der Waals surface area contributed by atoms with Crippen LogP contribution in [0.3, 0.4) is 0 Å². The Balaban J connectivity index is 1.90. The van der Waals surface area contributed by atoms with Gasteiger partial charge in [0, 0.05) is 30.8 Å². The smallest absolute Gasteiger partial charge is 0.368 e. The molecule has 0 aliphatic rings. The Kier molecular flexibility index (Phi) is 6.86. The van der Waals surface area contributed by atoms with Crippen LogP contribution in [0.25, 0.3) is 21.6 Å². The van der Waals surface area contributed by atoms with E-state index in [-0.39, 0.29) is 11.3 Å². The van der Waals surface area contributed by atoms with Gasteiger partial charge in [0.25, 0.3) is 0 Å². The number of nitrogen functional groups attached to an aromatic ring is 1. The number of anilines is 1. The third kappa shape index (κ3) is 6.24. The molecule has 0 amide bonds. The lowest BCUT2D eigenvalue weighted by atomic mass is 9.99. The molecule has 0 bridgehead atoms. The highest BCUT2D eigenvalue weighted by Crippen LogP contribution is 2.38. The van der Waals surface area contributed by atoms with Gasteiger partial charge in [0.2, 0.25) is 5.95 Å². The summed E-state index contributed by atoms with van der Waals surface area (Å²) in [6, 6.07) is 5.13. The van der Waals surface area contributed by atoms with Gasteiger partial charge in [0.15, 0.2) is 5.69 Å². The second-order valence-electron chi connectivity index (χ2n) is 7.56. The number of rotatable bonds is 7. The fourth-order valence-corrected chi connectivity index (χ4v) is 4.68. The fraction of sp³-hybridized carbons (Fsp3) is 0.350. The number of nitrogens with two attached hydrogens (primary N) is 1. The number of hydrogen-bond donors (Lipinski definition) is 1. The molecule has 2 heterocycles. The summed E-state index contributed by atoms with van der Waals surface area (Å²) in [5, 5.41) is 0.769. The molecule has 0 aliphatic carbocycles. The van der Waals surface area contributed by atoms with Gasteiger partial charge in [-0.15, -0.1) is 11.3 Å². The molecule has 1 aromatic carbocycles. The van der Waals surface area contributed by atoms with Gasteiger partial charge in [-0.3, -0.25) is 4.90 Å². The average molecular weight is 486 g/mol. The molecule has 3 rings (SSSR count). The molecule has 32 heavy (non-hydrogen) atoms. The van der Waals surface area contributed by atoms with Crippen molar-refractivity contribution in [3.63, 3.8) is 0 Å². The second kappa shape index (κ2) is 9.12. The van der Waals surface area contributed by atoms with Gasteiger partial charge in [-0.05, 0) is 36.7 Å².